The van der Waals surface area contributed by atoms with Crippen LogP contribution in [-0.4, -0.2) is 20.7 Å². The zero-order chi connectivity index (χ0) is 12.8. The SMILES string of the molecule is CC(=O)S[C@H]1CCC[C@H](C[C@H](C)SC(C)=O)C1. The highest BCUT2D eigenvalue weighted by molar-refractivity contribution is 8.14. The van der Waals surface area contributed by atoms with Crippen LogP contribution >= 0.6 is 23.5 Å². The quantitative estimate of drug-likeness (QED) is 0.779. The van der Waals surface area contributed by atoms with E-state index in [0.29, 0.717) is 16.4 Å². The third-order valence-electron chi connectivity index (χ3n) is 3.10. The summed E-state index contributed by atoms with van der Waals surface area (Å²) in [5.74, 6) is 0.697. The molecule has 4 heteroatoms. The van der Waals surface area contributed by atoms with Crippen molar-refractivity contribution in [1.29, 1.82) is 0 Å². The van der Waals surface area contributed by atoms with Gasteiger partial charge in [0.25, 0.3) is 0 Å². The smallest absolute Gasteiger partial charge is 0.186 e. The van der Waals surface area contributed by atoms with E-state index in [2.05, 4.69) is 6.92 Å². The predicted molar refractivity (Wildman–Crippen MR) is 76.4 cm³/mol. The molecule has 0 N–H and O–H groups in total. The van der Waals surface area contributed by atoms with E-state index in [1.165, 1.54) is 42.8 Å². The van der Waals surface area contributed by atoms with Crippen molar-refractivity contribution in [3.8, 4) is 0 Å². The van der Waals surface area contributed by atoms with Crippen LogP contribution in [0.15, 0.2) is 0 Å². The van der Waals surface area contributed by atoms with Crippen LogP contribution in [0, 0.1) is 5.92 Å². The number of hydrogen-bond acceptors (Lipinski definition) is 4. The predicted octanol–water partition coefficient (Wildman–Crippen LogP) is 3.88. The van der Waals surface area contributed by atoms with Crippen molar-refractivity contribution in [2.45, 2.75) is 63.4 Å². The first kappa shape index (κ1) is 15.1. The Kier molecular flexibility index (Phi) is 6.63. The molecule has 2 nitrogen and oxygen atoms in total. The molecular weight excluding hydrogens is 252 g/mol. The number of carbonyl (C=O) groups excluding carboxylic acids is 2. The zero-order valence-electron chi connectivity index (χ0n) is 10.9. The van der Waals surface area contributed by atoms with Gasteiger partial charge >= 0.3 is 0 Å². The molecule has 1 saturated carbocycles. The molecule has 1 fully saturated rings. The molecule has 0 amide bonds. The van der Waals surface area contributed by atoms with Gasteiger partial charge in [-0.3, -0.25) is 9.59 Å². The molecule has 0 unspecified atom stereocenters. The lowest BCUT2D eigenvalue weighted by Gasteiger charge is -2.29. The molecule has 0 radical (unpaired) electrons. The molecule has 0 heterocycles. The second kappa shape index (κ2) is 7.47. The summed E-state index contributed by atoms with van der Waals surface area (Å²) in [6.45, 7) is 5.42. The number of carbonyl (C=O) groups is 2. The zero-order valence-corrected chi connectivity index (χ0v) is 12.5. The van der Waals surface area contributed by atoms with E-state index in [1.54, 1.807) is 13.8 Å². The Morgan fingerprint density at radius 1 is 1.24 bits per heavy atom. The summed E-state index contributed by atoms with van der Waals surface area (Å²) in [4.78, 5) is 22.1. The molecule has 0 aliphatic heterocycles. The molecule has 1 aliphatic carbocycles. The maximum absolute atomic E-state index is 11.1. The van der Waals surface area contributed by atoms with Gasteiger partial charge in [-0.2, -0.15) is 0 Å². The fourth-order valence-corrected chi connectivity index (χ4v) is 4.66. The Hall–Kier alpha value is 0.0400. The summed E-state index contributed by atoms with van der Waals surface area (Å²) in [6.07, 6.45) is 5.92. The summed E-state index contributed by atoms with van der Waals surface area (Å²) < 4.78 is 0. The van der Waals surface area contributed by atoms with Crippen LogP contribution in [0.3, 0.4) is 0 Å². The summed E-state index contributed by atoms with van der Waals surface area (Å²) in [5, 5.41) is 1.38. The normalized spacial score (nSPS) is 26.5. The third-order valence-corrected chi connectivity index (χ3v) is 5.12. The van der Waals surface area contributed by atoms with Crippen LogP contribution in [0.1, 0.15) is 52.9 Å². The minimum Gasteiger partial charge on any atom is -0.288 e. The lowest BCUT2D eigenvalue weighted by atomic mass is 9.86. The largest absolute Gasteiger partial charge is 0.288 e. The van der Waals surface area contributed by atoms with E-state index < -0.39 is 0 Å². The van der Waals surface area contributed by atoms with Gasteiger partial charge in [-0.1, -0.05) is 43.3 Å². The van der Waals surface area contributed by atoms with Gasteiger partial charge in [0.15, 0.2) is 10.2 Å². The summed E-state index contributed by atoms with van der Waals surface area (Å²) in [6, 6.07) is 0. The van der Waals surface area contributed by atoms with Gasteiger partial charge < -0.3 is 0 Å². The monoisotopic (exact) mass is 274 g/mol. The molecule has 1 aliphatic rings. The van der Waals surface area contributed by atoms with Gasteiger partial charge in [0.2, 0.25) is 0 Å². The molecule has 0 spiro atoms. The molecule has 0 aromatic carbocycles. The lowest BCUT2D eigenvalue weighted by molar-refractivity contribution is -0.110. The molecule has 0 aromatic heterocycles. The molecular formula is C13H22O2S2. The van der Waals surface area contributed by atoms with Crippen LogP contribution in [-0.2, 0) is 9.59 Å². The second-order valence-electron chi connectivity index (χ2n) is 4.92. The molecule has 17 heavy (non-hydrogen) atoms. The maximum atomic E-state index is 11.1. The average molecular weight is 274 g/mol. The molecule has 0 aromatic rings. The fourth-order valence-electron chi connectivity index (χ4n) is 2.60. The van der Waals surface area contributed by atoms with Gasteiger partial charge in [0.05, 0.1) is 0 Å². The van der Waals surface area contributed by atoms with Crippen molar-refractivity contribution in [3.63, 3.8) is 0 Å². The molecule has 0 saturated heterocycles. The van der Waals surface area contributed by atoms with E-state index >= 15 is 0 Å². The van der Waals surface area contributed by atoms with Crippen molar-refractivity contribution in [1.82, 2.24) is 0 Å². The van der Waals surface area contributed by atoms with Gasteiger partial charge in [-0.05, 0) is 25.2 Å². The number of thioether (sulfide) groups is 2. The van der Waals surface area contributed by atoms with Crippen molar-refractivity contribution >= 4 is 33.8 Å². The number of hydrogen-bond donors (Lipinski definition) is 0. The second-order valence-corrected chi connectivity index (χ2v) is 8.01. The van der Waals surface area contributed by atoms with Crippen LogP contribution in [0.4, 0.5) is 0 Å². The van der Waals surface area contributed by atoms with E-state index in [9.17, 15) is 9.59 Å². The van der Waals surface area contributed by atoms with E-state index in [1.807, 2.05) is 0 Å². The molecule has 1 rings (SSSR count). The summed E-state index contributed by atoms with van der Waals surface area (Å²) >= 11 is 2.96. The first-order chi connectivity index (χ1) is 7.97. The topological polar surface area (TPSA) is 34.1 Å². The Balaban J connectivity index is 2.33. The molecule has 98 valence electrons. The van der Waals surface area contributed by atoms with E-state index in [-0.39, 0.29) is 10.2 Å². The van der Waals surface area contributed by atoms with Crippen LogP contribution < -0.4 is 0 Å². The molecule has 0 bridgehead atoms. The maximum Gasteiger partial charge on any atom is 0.186 e. The first-order valence-electron chi connectivity index (χ1n) is 6.31. The Bertz CT molecular complexity index is 277. The Morgan fingerprint density at radius 3 is 2.53 bits per heavy atom. The summed E-state index contributed by atoms with van der Waals surface area (Å²) in [7, 11) is 0. The molecule has 3 atom stereocenters. The Labute approximate surface area is 113 Å². The standard InChI is InChI=1S/C13H22O2S2/c1-9(16-10(2)14)7-12-5-4-6-13(8-12)17-11(3)15/h9,12-13H,4-8H2,1-3H3/t9-,12+,13-/m0/s1. The first-order valence-corrected chi connectivity index (χ1v) is 8.07. The fraction of sp³-hybridized carbons (Fsp3) is 0.846. The van der Waals surface area contributed by atoms with Crippen molar-refractivity contribution < 1.29 is 9.59 Å². The van der Waals surface area contributed by atoms with Crippen LogP contribution in [0.2, 0.25) is 0 Å². The van der Waals surface area contributed by atoms with Gasteiger partial charge in [-0.25, -0.2) is 0 Å². The van der Waals surface area contributed by atoms with Gasteiger partial charge in [-0.15, -0.1) is 0 Å². The highest BCUT2D eigenvalue weighted by Crippen LogP contribution is 2.36. The van der Waals surface area contributed by atoms with Gasteiger partial charge in [0.1, 0.15) is 0 Å². The minimum atomic E-state index is 0.211. The van der Waals surface area contributed by atoms with Crippen molar-refractivity contribution in [3.05, 3.63) is 0 Å². The van der Waals surface area contributed by atoms with Gasteiger partial charge in [0, 0.05) is 24.3 Å². The minimum absolute atomic E-state index is 0.211. The number of rotatable bonds is 4. The van der Waals surface area contributed by atoms with E-state index in [4.69, 9.17) is 0 Å². The van der Waals surface area contributed by atoms with Crippen molar-refractivity contribution in [2.75, 3.05) is 0 Å². The lowest BCUT2D eigenvalue weighted by Crippen LogP contribution is -2.21. The van der Waals surface area contributed by atoms with E-state index in [0.717, 1.165) is 12.8 Å². The Morgan fingerprint density at radius 2 is 1.94 bits per heavy atom. The average Bonchev–Trinajstić information content (AvgIpc) is 2.14. The highest BCUT2D eigenvalue weighted by atomic mass is 32.2. The highest BCUT2D eigenvalue weighted by Gasteiger charge is 2.25. The van der Waals surface area contributed by atoms with Crippen LogP contribution in [0.5, 0.6) is 0 Å². The van der Waals surface area contributed by atoms with Crippen LogP contribution in [0.25, 0.3) is 0 Å². The van der Waals surface area contributed by atoms with Crippen molar-refractivity contribution in [2.24, 2.45) is 5.92 Å². The third kappa shape index (κ3) is 6.51. The summed E-state index contributed by atoms with van der Waals surface area (Å²) in [5.41, 5.74) is 0.